The Balaban J connectivity index is 2.06. The maximum absolute atomic E-state index is 14.0. The van der Waals surface area contributed by atoms with Crippen molar-refractivity contribution < 1.29 is 9.31 Å². The van der Waals surface area contributed by atoms with Gasteiger partial charge >= 0.3 is 5.69 Å². The molecule has 6 heteroatoms. The molecule has 20 heavy (non-hydrogen) atoms. The van der Waals surface area contributed by atoms with Crippen LogP contribution < -0.4 is 5.73 Å². The van der Waals surface area contributed by atoms with E-state index in [1.54, 1.807) is 6.07 Å². The molecule has 1 aliphatic heterocycles. The molecule has 1 heterocycles. The first-order chi connectivity index (χ1) is 9.61. The minimum Gasteiger partial charge on any atom is -0.330 e. The van der Waals surface area contributed by atoms with E-state index in [0.717, 1.165) is 32.4 Å². The van der Waals surface area contributed by atoms with Crippen molar-refractivity contribution >= 4 is 5.69 Å². The summed E-state index contributed by atoms with van der Waals surface area (Å²) in [7, 11) is 0. The average Bonchev–Trinajstić information content (AvgIpc) is 2.42. The molecule has 2 rings (SSSR count). The number of rotatable bonds is 5. The SMILES string of the molecule is NCCC1CCCN(Cc2cccc([N+](=O)[O-])c2F)C1. The summed E-state index contributed by atoms with van der Waals surface area (Å²) in [4.78, 5) is 12.2. The van der Waals surface area contributed by atoms with Crippen LogP contribution in [0.15, 0.2) is 18.2 Å². The third-order valence-electron chi connectivity index (χ3n) is 3.83. The maximum Gasteiger partial charge on any atom is 0.305 e. The fourth-order valence-electron chi connectivity index (χ4n) is 2.84. The number of likely N-dealkylation sites (tertiary alicyclic amines) is 1. The molecule has 0 aliphatic carbocycles. The van der Waals surface area contributed by atoms with Crippen molar-refractivity contribution in [3.8, 4) is 0 Å². The molecular weight excluding hydrogens is 261 g/mol. The largest absolute Gasteiger partial charge is 0.330 e. The van der Waals surface area contributed by atoms with Crippen molar-refractivity contribution in [2.45, 2.75) is 25.8 Å². The standard InChI is InChI=1S/C14H20FN3O2/c15-14-12(4-1-5-13(14)18(19)20)10-17-8-2-3-11(9-17)6-7-16/h1,4-5,11H,2-3,6-10,16H2. The summed E-state index contributed by atoms with van der Waals surface area (Å²) in [5, 5.41) is 10.7. The van der Waals surface area contributed by atoms with Gasteiger partial charge in [-0.05, 0) is 38.3 Å². The second-order valence-corrected chi connectivity index (χ2v) is 5.33. The molecule has 1 fully saturated rings. The number of halogens is 1. The Morgan fingerprint density at radius 2 is 2.30 bits per heavy atom. The topological polar surface area (TPSA) is 72.4 Å². The third kappa shape index (κ3) is 3.52. The molecular formula is C14H20FN3O2. The number of nitro groups is 1. The van der Waals surface area contributed by atoms with Gasteiger partial charge in [-0.25, -0.2) is 0 Å². The van der Waals surface area contributed by atoms with Gasteiger partial charge in [0.05, 0.1) is 4.92 Å². The summed E-state index contributed by atoms with van der Waals surface area (Å²) < 4.78 is 14.0. The van der Waals surface area contributed by atoms with E-state index < -0.39 is 16.4 Å². The van der Waals surface area contributed by atoms with Gasteiger partial charge in [-0.2, -0.15) is 4.39 Å². The smallest absolute Gasteiger partial charge is 0.305 e. The number of benzene rings is 1. The Bertz CT molecular complexity index is 479. The van der Waals surface area contributed by atoms with E-state index in [4.69, 9.17) is 5.73 Å². The fourth-order valence-corrected chi connectivity index (χ4v) is 2.84. The van der Waals surface area contributed by atoms with Crippen molar-refractivity contribution in [1.29, 1.82) is 0 Å². The molecule has 0 saturated carbocycles. The van der Waals surface area contributed by atoms with Crippen molar-refractivity contribution in [1.82, 2.24) is 4.90 Å². The van der Waals surface area contributed by atoms with Gasteiger partial charge in [0, 0.05) is 24.7 Å². The molecule has 0 amide bonds. The molecule has 1 aromatic rings. The predicted molar refractivity (Wildman–Crippen MR) is 74.7 cm³/mol. The lowest BCUT2D eigenvalue weighted by atomic mass is 9.94. The van der Waals surface area contributed by atoms with Crippen LogP contribution in [-0.2, 0) is 6.54 Å². The van der Waals surface area contributed by atoms with Crippen LogP contribution >= 0.6 is 0 Å². The van der Waals surface area contributed by atoms with Crippen LogP contribution in [0.1, 0.15) is 24.8 Å². The van der Waals surface area contributed by atoms with Gasteiger partial charge in [0.15, 0.2) is 0 Å². The summed E-state index contributed by atoms with van der Waals surface area (Å²) in [5.41, 5.74) is 5.53. The molecule has 0 bridgehead atoms. The average molecular weight is 281 g/mol. The van der Waals surface area contributed by atoms with E-state index in [2.05, 4.69) is 4.90 Å². The lowest BCUT2D eigenvalue weighted by molar-refractivity contribution is -0.387. The summed E-state index contributed by atoms with van der Waals surface area (Å²) in [6.07, 6.45) is 3.21. The zero-order valence-corrected chi connectivity index (χ0v) is 11.4. The number of hydrogen-bond donors (Lipinski definition) is 1. The Labute approximate surface area is 117 Å². The van der Waals surface area contributed by atoms with Gasteiger partial charge in [0.25, 0.3) is 0 Å². The van der Waals surface area contributed by atoms with Crippen LogP contribution in [0.3, 0.4) is 0 Å². The van der Waals surface area contributed by atoms with Crippen LogP contribution in [0.4, 0.5) is 10.1 Å². The van der Waals surface area contributed by atoms with Gasteiger partial charge < -0.3 is 5.73 Å². The molecule has 0 radical (unpaired) electrons. The van der Waals surface area contributed by atoms with Gasteiger partial charge in [0.2, 0.25) is 5.82 Å². The lowest BCUT2D eigenvalue weighted by Gasteiger charge is -2.32. The highest BCUT2D eigenvalue weighted by Crippen LogP contribution is 2.24. The summed E-state index contributed by atoms with van der Waals surface area (Å²) in [5.74, 6) is -0.158. The Morgan fingerprint density at radius 3 is 3.00 bits per heavy atom. The molecule has 1 aromatic carbocycles. The first kappa shape index (κ1) is 14.9. The quantitative estimate of drug-likeness (QED) is 0.664. The molecule has 1 unspecified atom stereocenters. The van der Waals surface area contributed by atoms with Crippen LogP contribution in [0.2, 0.25) is 0 Å². The molecule has 1 atom stereocenters. The zero-order chi connectivity index (χ0) is 14.5. The minimum atomic E-state index is -0.710. The van der Waals surface area contributed by atoms with Crippen molar-refractivity contribution in [2.24, 2.45) is 11.7 Å². The third-order valence-corrected chi connectivity index (χ3v) is 3.83. The van der Waals surface area contributed by atoms with E-state index in [9.17, 15) is 14.5 Å². The molecule has 5 nitrogen and oxygen atoms in total. The Hall–Kier alpha value is -1.53. The van der Waals surface area contributed by atoms with Gasteiger partial charge in [-0.1, -0.05) is 12.1 Å². The normalized spacial score (nSPS) is 20.0. The highest BCUT2D eigenvalue weighted by atomic mass is 19.1. The van der Waals surface area contributed by atoms with E-state index in [-0.39, 0.29) is 0 Å². The van der Waals surface area contributed by atoms with Gasteiger partial charge in [-0.3, -0.25) is 15.0 Å². The predicted octanol–water partition coefficient (Wildman–Crippen LogP) is 2.29. The molecule has 2 N–H and O–H groups in total. The van der Waals surface area contributed by atoms with Gasteiger partial charge in [-0.15, -0.1) is 0 Å². The highest BCUT2D eigenvalue weighted by molar-refractivity contribution is 5.36. The van der Waals surface area contributed by atoms with Crippen LogP contribution in [0.5, 0.6) is 0 Å². The van der Waals surface area contributed by atoms with E-state index >= 15 is 0 Å². The van der Waals surface area contributed by atoms with Gasteiger partial charge in [0.1, 0.15) is 0 Å². The maximum atomic E-state index is 14.0. The zero-order valence-electron chi connectivity index (χ0n) is 11.4. The molecule has 110 valence electrons. The Kier molecular flexibility index (Phi) is 5.03. The monoisotopic (exact) mass is 281 g/mol. The number of nitrogens with two attached hydrogens (primary N) is 1. The number of hydrogen-bond acceptors (Lipinski definition) is 4. The summed E-state index contributed by atoms with van der Waals surface area (Å²) in [6.45, 7) is 2.89. The van der Waals surface area contributed by atoms with Crippen molar-refractivity contribution in [3.63, 3.8) is 0 Å². The van der Waals surface area contributed by atoms with E-state index in [1.807, 2.05) is 0 Å². The number of piperidine rings is 1. The summed E-state index contributed by atoms with van der Waals surface area (Å²) >= 11 is 0. The van der Waals surface area contributed by atoms with E-state index in [1.165, 1.54) is 12.1 Å². The first-order valence-corrected chi connectivity index (χ1v) is 6.96. The molecule has 1 saturated heterocycles. The first-order valence-electron chi connectivity index (χ1n) is 6.96. The minimum absolute atomic E-state index is 0.396. The van der Waals surface area contributed by atoms with Crippen LogP contribution in [0, 0.1) is 21.8 Å². The molecule has 0 aromatic heterocycles. The summed E-state index contributed by atoms with van der Waals surface area (Å²) in [6, 6.07) is 4.36. The van der Waals surface area contributed by atoms with Crippen molar-refractivity contribution in [2.75, 3.05) is 19.6 Å². The second-order valence-electron chi connectivity index (χ2n) is 5.33. The lowest BCUT2D eigenvalue weighted by Crippen LogP contribution is -2.35. The number of nitrogens with zero attached hydrogens (tertiary/aromatic N) is 2. The Morgan fingerprint density at radius 1 is 1.50 bits per heavy atom. The highest BCUT2D eigenvalue weighted by Gasteiger charge is 2.22. The van der Waals surface area contributed by atoms with Crippen LogP contribution in [0.25, 0.3) is 0 Å². The molecule has 1 aliphatic rings. The second kappa shape index (κ2) is 6.76. The van der Waals surface area contributed by atoms with Crippen LogP contribution in [-0.4, -0.2) is 29.5 Å². The number of nitro benzene ring substituents is 1. The van der Waals surface area contributed by atoms with Crippen molar-refractivity contribution in [3.05, 3.63) is 39.7 Å². The fraction of sp³-hybridized carbons (Fsp3) is 0.571. The molecule has 0 spiro atoms. The van der Waals surface area contributed by atoms with E-state index in [0.29, 0.717) is 24.6 Å².